The van der Waals surface area contributed by atoms with E-state index >= 15 is 0 Å². The van der Waals surface area contributed by atoms with Crippen molar-refractivity contribution in [1.82, 2.24) is 0 Å². The van der Waals surface area contributed by atoms with Gasteiger partial charge in [-0.05, 0) is 32.5 Å². The van der Waals surface area contributed by atoms with Crippen LogP contribution in [0.4, 0.5) is 0 Å². The van der Waals surface area contributed by atoms with Crippen molar-refractivity contribution in [3.63, 3.8) is 0 Å². The molecule has 4 aromatic rings. The molecular weight excluding hydrogens is 267 g/mol. The molecule has 0 unspecified atom stereocenters. The molecular formula is C20H15BO. The van der Waals surface area contributed by atoms with Crippen molar-refractivity contribution in [2.75, 3.05) is 0 Å². The number of rotatable bonds is 2. The second-order valence-corrected chi connectivity index (χ2v) is 5.62. The molecule has 0 amide bonds. The first-order chi connectivity index (χ1) is 10.8. The summed E-state index contributed by atoms with van der Waals surface area (Å²) >= 11 is 0. The number of benzene rings is 4. The third kappa shape index (κ3) is 2.28. The van der Waals surface area contributed by atoms with Gasteiger partial charge >= 0.3 is 6.92 Å². The Hall–Kier alpha value is -2.58. The summed E-state index contributed by atoms with van der Waals surface area (Å²) in [4.78, 5) is 0. The smallest absolute Gasteiger partial charge is 0.358 e. The van der Waals surface area contributed by atoms with Crippen molar-refractivity contribution in [2.45, 2.75) is 0 Å². The van der Waals surface area contributed by atoms with Crippen LogP contribution in [0, 0.1) is 0 Å². The van der Waals surface area contributed by atoms with Crippen LogP contribution in [-0.2, 0) is 0 Å². The minimum atomic E-state index is -0.603. The highest BCUT2D eigenvalue weighted by Gasteiger charge is 2.17. The summed E-state index contributed by atoms with van der Waals surface area (Å²) in [6.45, 7) is -0.603. The molecule has 4 rings (SSSR count). The quantitative estimate of drug-likeness (QED) is 0.560. The van der Waals surface area contributed by atoms with Crippen LogP contribution in [0.25, 0.3) is 21.5 Å². The highest BCUT2D eigenvalue weighted by Crippen LogP contribution is 2.13. The van der Waals surface area contributed by atoms with Crippen LogP contribution < -0.4 is 10.9 Å². The second kappa shape index (κ2) is 5.32. The van der Waals surface area contributed by atoms with Crippen LogP contribution in [0.2, 0.25) is 0 Å². The van der Waals surface area contributed by atoms with E-state index in [9.17, 15) is 5.02 Å². The highest BCUT2D eigenvalue weighted by atomic mass is 16.2. The summed E-state index contributed by atoms with van der Waals surface area (Å²) in [6, 6.07) is 28.7. The molecule has 0 aromatic heterocycles. The summed E-state index contributed by atoms with van der Waals surface area (Å²) in [7, 11) is 0. The lowest BCUT2D eigenvalue weighted by molar-refractivity contribution is 0.600. The van der Waals surface area contributed by atoms with E-state index in [2.05, 4.69) is 48.5 Å². The standard InChI is InChI=1S/C20H15BO/c22-21(19-11-9-15-5-1-3-7-17(15)13-19)20-12-10-16-6-2-4-8-18(16)14-20/h1-14,22H. The molecule has 0 bridgehead atoms. The molecule has 0 radical (unpaired) electrons. The first kappa shape index (κ1) is 13.1. The van der Waals surface area contributed by atoms with Gasteiger partial charge in [0.1, 0.15) is 0 Å². The maximum Gasteiger partial charge on any atom is 0.358 e. The van der Waals surface area contributed by atoms with Crippen molar-refractivity contribution in [1.29, 1.82) is 0 Å². The molecule has 1 N–H and O–H groups in total. The molecule has 0 atom stereocenters. The van der Waals surface area contributed by atoms with E-state index in [0.29, 0.717) is 0 Å². The summed E-state index contributed by atoms with van der Waals surface area (Å²) in [5.74, 6) is 0. The van der Waals surface area contributed by atoms with Gasteiger partial charge in [0.05, 0.1) is 0 Å². The highest BCUT2D eigenvalue weighted by molar-refractivity contribution is 6.79. The summed E-state index contributed by atoms with van der Waals surface area (Å²) in [5, 5.41) is 15.4. The van der Waals surface area contributed by atoms with Gasteiger partial charge in [0.15, 0.2) is 0 Å². The average molecular weight is 282 g/mol. The van der Waals surface area contributed by atoms with Crippen LogP contribution >= 0.6 is 0 Å². The summed E-state index contributed by atoms with van der Waals surface area (Å²) in [5.41, 5.74) is 1.85. The normalized spacial score (nSPS) is 11.0. The van der Waals surface area contributed by atoms with Crippen molar-refractivity contribution in [3.05, 3.63) is 84.9 Å². The Kier molecular flexibility index (Phi) is 3.17. The topological polar surface area (TPSA) is 20.2 Å². The molecule has 0 heterocycles. The first-order valence-electron chi connectivity index (χ1n) is 7.47. The lowest BCUT2D eigenvalue weighted by atomic mass is 9.55. The van der Waals surface area contributed by atoms with Gasteiger partial charge in [0.25, 0.3) is 0 Å². The molecule has 1 nitrogen and oxygen atoms in total. The van der Waals surface area contributed by atoms with Gasteiger partial charge < -0.3 is 5.02 Å². The second-order valence-electron chi connectivity index (χ2n) is 5.62. The largest absolute Gasteiger partial charge is 0.443 e. The lowest BCUT2D eigenvalue weighted by Crippen LogP contribution is -2.42. The summed E-state index contributed by atoms with van der Waals surface area (Å²) in [6.07, 6.45) is 0. The summed E-state index contributed by atoms with van der Waals surface area (Å²) < 4.78 is 0. The minimum absolute atomic E-state index is 0.603. The molecule has 0 aliphatic heterocycles. The van der Waals surface area contributed by atoms with Crippen LogP contribution in [0.5, 0.6) is 0 Å². The monoisotopic (exact) mass is 282 g/mol. The molecule has 4 aromatic carbocycles. The number of hydrogen-bond donors (Lipinski definition) is 1. The van der Waals surface area contributed by atoms with E-state index in [1.54, 1.807) is 0 Å². The Morgan fingerprint density at radius 2 is 0.909 bits per heavy atom. The van der Waals surface area contributed by atoms with E-state index < -0.39 is 6.92 Å². The fourth-order valence-corrected chi connectivity index (χ4v) is 2.95. The van der Waals surface area contributed by atoms with Crippen molar-refractivity contribution in [3.8, 4) is 0 Å². The molecule has 0 fully saturated rings. The van der Waals surface area contributed by atoms with Crippen LogP contribution in [-0.4, -0.2) is 11.9 Å². The number of fused-ring (bicyclic) bond motifs is 2. The Morgan fingerprint density at radius 3 is 1.36 bits per heavy atom. The van der Waals surface area contributed by atoms with Gasteiger partial charge in [-0.3, -0.25) is 0 Å². The Labute approximate surface area is 130 Å². The first-order valence-corrected chi connectivity index (χ1v) is 7.47. The third-order valence-corrected chi connectivity index (χ3v) is 4.18. The Bertz CT molecular complexity index is 882. The molecule has 0 aliphatic rings. The zero-order chi connectivity index (χ0) is 14.9. The van der Waals surface area contributed by atoms with Crippen molar-refractivity contribution >= 4 is 39.4 Å². The molecule has 0 aliphatic carbocycles. The van der Waals surface area contributed by atoms with Crippen LogP contribution in [0.3, 0.4) is 0 Å². The fourth-order valence-electron chi connectivity index (χ4n) is 2.95. The predicted molar refractivity (Wildman–Crippen MR) is 95.1 cm³/mol. The van der Waals surface area contributed by atoms with E-state index in [0.717, 1.165) is 21.7 Å². The van der Waals surface area contributed by atoms with Gasteiger partial charge in [-0.2, -0.15) is 0 Å². The number of hydrogen-bond acceptors (Lipinski definition) is 1. The Balaban J connectivity index is 1.78. The molecule has 0 saturated heterocycles. The Morgan fingerprint density at radius 1 is 0.500 bits per heavy atom. The maximum atomic E-state index is 10.7. The van der Waals surface area contributed by atoms with Gasteiger partial charge in [-0.15, -0.1) is 0 Å². The molecule has 0 saturated carbocycles. The van der Waals surface area contributed by atoms with E-state index in [4.69, 9.17) is 0 Å². The van der Waals surface area contributed by atoms with Crippen molar-refractivity contribution < 1.29 is 5.02 Å². The predicted octanol–water partition coefficient (Wildman–Crippen LogP) is 3.09. The van der Waals surface area contributed by atoms with Gasteiger partial charge in [-0.1, -0.05) is 84.9 Å². The van der Waals surface area contributed by atoms with Gasteiger partial charge in [-0.25, -0.2) is 0 Å². The minimum Gasteiger partial charge on any atom is -0.443 e. The van der Waals surface area contributed by atoms with E-state index in [1.807, 2.05) is 36.4 Å². The van der Waals surface area contributed by atoms with E-state index in [1.165, 1.54) is 10.8 Å². The van der Waals surface area contributed by atoms with E-state index in [-0.39, 0.29) is 0 Å². The lowest BCUT2D eigenvalue weighted by Gasteiger charge is -2.10. The SMILES string of the molecule is OB(c1ccc2ccccc2c1)c1ccc2ccccc2c1. The van der Waals surface area contributed by atoms with Gasteiger partial charge in [0, 0.05) is 0 Å². The average Bonchev–Trinajstić information content (AvgIpc) is 2.60. The third-order valence-electron chi connectivity index (χ3n) is 4.18. The maximum absolute atomic E-state index is 10.7. The fraction of sp³-hybridized carbons (Fsp3) is 0. The van der Waals surface area contributed by atoms with Crippen LogP contribution in [0.1, 0.15) is 0 Å². The molecule has 22 heavy (non-hydrogen) atoms. The zero-order valence-electron chi connectivity index (χ0n) is 12.1. The zero-order valence-corrected chi connectivity index (χ0v) is 12.1. The molecule has 104 valence electrons. The van der Waals surface area contributed by atoms with Crippen molar-refractivity contribution in [2.24, 2.45) is 0 Å². The molecule has 2 heteroatoms. The molecule has 0 spiro atoms. The van der Waals surface area contributed by atoms with Crippen LogP contribution in [0.15, 0.2) is 84.9 Å². The van der Waals surface area contributed by atoms with Gasteiger partial charge in [0.2, 0.25) is 0 Å².